The van der Waals surface area contributed by atoms with Crippen LogP contribution in [0.1, 0.15) is 32.6 Å². The molecule has 1 saturated heterocycles. The average molecular weight is 435 g/mol. The van der Waals surface area contributed by atoms with Gasteiger partial charge in [0.2, 0.25) is 11.8 Å². The summed E-state index contributed by atoms with van der Waals surface area (Å²) < 4.78 is 18.1. The number of nitrogens with one attached hydrogen (secondary N) is 1. The largest absolute Gasteiger partial charge is 0.475 e. The van der Waals surface area contributed by atoms with Crippen LogP contribution in [0.2, 0.25) is 0 Å². The van der Waals surface area contributed by atoms with Crippen LogP contribution < -0.4 is 10.1 Å². The molecular formula is C20H23BrN2O4. The summed E-state index contributed by atoms with van der Waals surface area (Å²) in [6.07, 6.45) is 1.16. The first-order chi connectivity index (χ1) is 12.9. The fourth-order valence-electron chi connectivity index (χ4n) is 2.60. The Kier molecular flexibility index (Phi) is 6.14. The summed E-state index contributed by atoms with van der Waals surface area (Å²) >= 11 is 3.41. The molecule has 3 rings (SSSR count). The minimum absolute atomic E-state index is 0.0482. The molecule has 0 atom stereocenters. The molecule has 1 amide bonds. The Morgan fingerprint density at radius 3 is 2.44 bits per heavy atom. The Bertz CT molecular complexity index is 770. The fraction of sp³-hybridized carbons (Fsp3) is 0.400. The van der Waals surface area contributed by atoms with Crippen molar-refractivity contribution >= 4 is 27.5 Å². The van der Waals surface area contributed by atoms with Gasteiger partial charge in [-0.1, -0.05) is 28.1 Å². The van der Waals surface area contributed by atoms with Gasteiger partial charge in [-0.15, -0.1) is 0 Å². The van der Waals surface area contributed by atoms with Crippen molar-refractivity contribution in [2.45, 2.75) is 33.2 Å². The smallest absolute Gasteiger partial charge is 0.235 e. The van der Waals surface area contributed by atoms with Gasteiger partial charge in [0.05, 0.1) is 36.6 Å². The lowest BCUT2D eigenvalue weighted by molar-refractivity contribution is -0.226. The van der Waals surface area contributed by atoms with Crippen molar-refractivity contribution in [2.24, 2.45) is 5.41 Å². The normalized spacial score (nSPS) is 22.5. The number of carbonyl (C=O) groups excluding carboxylic acids is 1. The number of pyridine rings is 1. The van der Waals surface area contributed by atoms with Crippen molar-refractivity contribution in [3.63, 3.8) is 0 Å². The Labute approximate surface area is 167 Å². The lowest BCUT2D eigenvalue weighted by Crippen LogP contribution is -2.45. The van der Waals surface area contributed by atoms with Crippen LogP contribution in [0.15, 0.2) is 47.1 Å². The summed E-state index contributed by atoms with van der Waals surface area (Å²) in [6.45, 7) is 6.22. The van der Waals surface area contributed by atoms with E-state index in [1.165, 1.54) is 0 Å². The van der Waals surface area contributed by atoms with Gasteiger partial charge in [-0.05, 0) is 39.0 Å². The SMILES string of the molecule is CC(C)Oc1ccc(NC(=O)C2(C)COC(c3ccc(Br)cc3)OC2)cn1. The highest BCUT2D eigenvalue weighted by Crippen LogP contribution is 2.33. The van der Waals surface area contributed by atoms with Crippen LogP contribution in [0.5, 0.6) is 5.88 Å². The number of rotatable bonds is 5. The van der Waals surface area contributed by atoms with Crippen LogP contribution in [-0.4, -0.2) is 30.2 Å². The molecule has 0 unspecified atom stereocenters. The molecule has 1 aromatic carbocycles. The topological polar surface area (TPSA) is 69.7 Å². The van der Waals surface area contributed by atoms with E-state index < -0.39 is 11.7 Å². The van der Waals surface area contributed by atoms with Gasteiger partial charge in [0.15, 0.2) is 6.29 Å². The fourth-order valence-corrected chi connectivity index (χ4v) is 2.86. The molecule has 144 valence electrons. The highest BCUT2D eigenvalue weighted by molar-refractivity contribution is 9.10. The third kappa shape index (κ3) is 5.06. The van der Waals surface area contributed by atoms with Gasteiger partial charge in [0.1, 0.15) is 0 Å². The van der Waals surface area contributed by atoms with Gasteiger partial charge in [0, 0.05) is 16.1 Å². The predicted molar refractivity (Wildman–Crippen MR) is 106 cm³/mol. The molecule has 0 spiro atoms. The van der Waals surface area contributed by atoms with Crippen LogP contribution in [0.3, 0.4) is 0 Å². The number of hydrogen-bond donors (Lipinski definition) is 1. The zero-order valence-electron chi connectivity index (χ0n) is 15.6. The van der Waals surface area contributed by atoms with Gasteiger partial charge >= 0.3 is 0 Å². The number of aromatic nitrogens is 1. The quantitative estimate of drug-likeness (QED) is 0.758. The molecule has 7 heteroatoms. The second-order valence-electron chi connectivity index (χ2n) is 7.07. The molecule has 2 aromatic rings. The van der Waals surface area contributed by atoms with Crippen LogP contribution in [0.4, 0.5) is 5.69 Å². The number of hydrogen-bond acceptors (Lipinski definition) is 5. The third-order valence-corrected chi connectivity index (χ3v) is 4.68. The van der Waals surface area contributed by atoms with Crippen LogP contribution in [0, 0.1) is 5.41 Å². The second kappa shape index (κ2) is 8.37. The summed E-state index contributed by atoms with van der Waals surface area (Å²) in [5.41, 5.74) is 0.747. The first-order valence-electron chi connectivity index (χ1n) is 8.78. The molecule has 1 N–H and O–H groups in total. The molecule has 0 aliphatic carbocycles. The summed E-state index contributed by atoms with van der Waals surface area (Å²) in [5, 5.41) is 2.87. The number of carbonyl (C=O) groups is 1. The maximum Gasteiger partial charge on any atom is 0.235 e. The molecular weight excluding hydrogens is 412 g/mol. The van der Waals surface area contributed by atoms with E-state index >= 15 is 0 Å². The van der Waals surface area contributed by atoms with Gasteiger partial charge in [-0.2, -0.15) is 0 Å². The highest BCUT2D eigenvalue weighted by Gasteiger charge is 2.40. The Hall–Kier alpha value is -1.96. The Morgan fingerprint density at radius 1 is 1.22 bits per heavy atom. The number of nitrogens with zero attached hydrogens (tertiary/aromatic N) is 1. The monoisotopic (exact) mass is 434 g/mol. The minimum Gasteiger partial charge on any atom is -0.475 e. The summed E-state index contributed by atoms with van der Waals surface area (Å²) in [5.74, 6) is 0.354. The molecule has 0 radical (unpaired) electrons. The number of halogens is 1. The van der Waals surface area contributed by atoms with Gasteiger partial charge in [-0.25, -0.2) is 4.98 Å². The van der Waals surface area contributed by atoms with Crippen molar-refractivity contribution in [2.75, 3.05) is 18.5 Å². The van der Waals surface area contributed by atoms with Gasteiger partial charge in [-0.3, -0.25) is 4.79 Å². The van der Waals surface area contributed by atoms with E-state index in [4.69, 9.17) is 14.2 Å². The standard InChI is InChI=1S/C20H23BrN2O4/c1-13(2)27-17-9-8-16(10-22-17)23-19(24)20(3)11-25-18(26-12-20)14-4-6-15(21)7-5-14/h4-10,13,18H,11-12H2,1-3H3,(H,23,24). The van der Waals surface area contributed by atoms with Crippen molar-refractivity contribution in [1.82, 2.24) is 4.98 Å². The van der Waals surface area contributed by atoms with E-state index in [0.717, 1.165) is 10.0 Å². The molecule has 6 nitrogen and oxygen atoms in total. The van der Waals surface area contributed by atoms with Crippen molar-refractivity contribution in [1.29, 1.82) is 0 Å². The van der Waals surface area contributed by atoms with Gasteiger partial charge < -0.3 is 19.5 Å². The minimum atomic E-state index is -0.779. The number of anilines is 1. The van der Waals surface area contributed by atoms with E-state index in [0.29, 0.717) is 11.6 Å². The maximum absolute atomic E-state index is 12.7. The molecule has 2 heterocycles. The molecule has 1 aromatic heterocycles. The van der Waals surface area contributed by atoms with E-state index in [-0.39, 0.29) is 25.2 Å². The molecule has 27 heavy (non-hydrogen) atoms. The average Bonchev–Trinajstić information content (AvgIpc) is 2.64. The molecule has 0 bridgehead atoms. The molecule has 1 fully saturated rings. The number of ether oxygens (including phenoxy) is 3. The number of benzene rings is 1. The predicted octanol–water partition coefficient (Wildman–Crippen LogP) is 4.32. The zero-order chi connectivity index (χ0) is 19.4. The van der Waals surface area contributed by atoms with Crippen LogP contribution >= 0.6 is 15.9 Å². The van der Waals surface area contributed by atoms with Crippen molar-refractivity contribution in [3.05, 3.63) is 52.6 Å². The van der Waals surface area contributed by atoms with Crippen LogP contribution in [0.25, 0.3) is 0 Å². The van der Waals surface area contributed by atoms with Crippen molar-refractivity contribution in [3.8, 4) is 5.88 Å². The Balaban J connectivity index is 1.58. The number of amides is 1. The molecule has 1 aliphatic rings. The van der Waals surface area contributed by atoms with E-state index in [2.05, 4.69) is 26.2 Å². The lowest BCUT2D eigenvalue weighted by atomic mass is 9.90. The van der Waals surface area contributed by atoms with E-state index in [9.17, 15) is 4.79 Å². The summed E-state index contributed by atoms with van der Waals surface area (Å²) in [7, 11) is 0. The Morgan fingerprint density at radius 2 is 1.89 bits per heavy atom. The van der Waals surface area contributed by atoms with Crippen LogP contribution in [-0.2, 0) is 14.3 Å². The maximum atomic E-state index is 12.7. The zero-order valence-corrected chi connectivity index (χ0v) is 17.2. The first kappa shape index (κ1) is 19.8. The second-order valence-corrected chi connectivity index (χ2v) is 7.99. The highest BCUT2D eigenvalue weighted by atomic mass is 79.9. The molecule has 0 saturated carbocycles. The van der Waals surface area contributed by atoms with Crippen molar-refractivity contribution < 1.29 is 19.0 Å². The lowest BCUT2D eigenvalue weighted by Gasteiger charge is -2.36. The molecule has 1 aliphatic heterocycles. The summed E-state index contributed by atoms with van der Waals surface area (Å²) in [4.78, 5) is 16.9. The van der Waals surface area contributed by atoms with E-state index in [1.54, 1.807) is 18.3 Å². The van der Waals surface area contributed by atoms with E-state index in [1.807, 2.05) is 45.0 Å². The summed E-state index contributed by atoms with van der Waals surface area (Å²) in [6, 6.07) is 11.2. The van der Waals surface area contributed by atoms with Gasteiger partial charge in [0.25, 0.3) is 0 Å². The first-order valence-corrected chi connectivity index (χ1v) is 9.58. The third-order valence-electron chi connectivity index (χ3n) is 4.15.